The number of ether oxygens (including phenoxy) is 2. The summed E-state index contributed by atoms with van der Waals surface area (Å²) in [6.07, 6.45) is -0.363. The predicted octanol–water partition coefficient (Wildman–Crippen LogP) is 0.867. The molecule has 1 rings (SSSR count). The fraction of sp³-hybridized carbons (Fsp3) is 0.778. The quantitative estimate of drug-likeness (QED) is 0.447. The van der Waals surface area contributed by atoms with E-state index in [1.165, 1.54) is 7.11 Å². The molecule has 72 valence electrons. The van der Waals surface area contributed by atoms with Crippen LogP contribution >= 0.6 is 0 Å². The van der Waals surface area contributed by atoms with Crippen LogP contribution in [0.5, 0.6) is 0 Å². The Morgan fingerprint density at radius 3 is 2.38 bits per heavy atom. The fourth-order valence-electron chi connectivity index (χ4n) is 1.38. The van der Waals surface area contributed by atoms with Gasteiger partial charge in [-0.15, -0.1) is 0 Å². The summed E-state index contributed by atoms with van der Waals surface area (Å²) in [6.45, 7) is 5.75. The minimum Gasteiger partial charge on any atom is -0.466 e. The molecule has 1 aliphatic heterocycles. The summed E-state index contributed by atoms with van der Waals surface area (Å²) in [7, 11) is 1.25. The smallest absolute Gasteiger partial charge is 0.356 e. The summed E-state index contributed by atoms with van der Waals surface area (Å²) in [5, 5.41) is 8.82. The zero-order valence-electron chi connectivity index (χ0n) is 8.25. The van der Waals surface area contributed by atoms with Crippen molar-refractivity contribution in [3.63, 3.8) is 0 Å². The molecule has 13 heavy (non-hydrogen) atoms. The van der Waals surface area contributed by atoms with E-state index in [1.807, 2.05) is 26.8 Å². The van der Waals surface area contributed by atoms with E-state index in [1.54, 1.807) is 0 Å². The average molecular weight is 183 g/mol. The van der Waals surface area contributed by atoms with Gasteiger partial charge in [0.2, 0.25) is 0 Å². The van der Waals surface area contributed by atoms with Crippen LogP contribution < -0.4 is 0 Å². The lowest BCUT2D eigenvalue weighted by atomic mass is 9.85. The van der Waals surface area contributed by atoms with Crippen LogP contribution in [-0.2, 0) is 14.3 Å². The van der Waals surface area contributed by atoms with Gasteiger partial charge in [0.1, 0.15) is 12.2 Å². The number of epoxide rings is 1. The second kappa shape index (κ2) is 2.71. The normalized spacial score (nSPS) is 32.1. The molecule has 0 aliphatic carbocycles. The van der Waals surface area contributed by atoms with E-state index in [-0.39, 0.29) is 11.5 Å². The monoisotopic (exact) mass is 183 g/mol. The molecule has 0 aromatic heterocycles. The molecule has 0 bridgehead atoms. The van der Waals surface area contributed by atoms with Crippen molar-refractivity contribution in [1.82, 2.24) is 0 Å². The minimum absolute atomic E-state index is 0.218. The Morgan fingerprint density at radius 1 is 1.62 bits per heavy atom. The lowest BCUT2D eigenvalue weighted by molar-refractivity contribution is -0.144. The van der Waals surface area contributed by atoms with Crippen LogP contribution in [0.25, 0.3) is 0 Å². The maximum absolute atomic E-state index is 11.2. The van der Waals surface area contributed by atoms with Crippen LogP contribution in [0.4, 0.5) is 0 Å². The van der Waals surface area contributed by atoms with Crippen molar-refractivity contribution in [2.75, 3.05) is 7.11 Å². The van der Waals surface area contributed by atoms with Crippen molar-refractivity contribution in [2.24, 2.45) is 5.41 Å². The Hall–Kier alpha value is -1.08. The second-order valence-electron chi connectivity index (χ2n) is 4.20. The molecule has 1 aliphatic rings. The van der Waals surface area contributed by atoms with Crippen molar-refractivity contribution >= 4 is 5.97 Å². The van der Waals surface area contributed by atoms with Gasteiger partial charge in [-0.3, -0.25) is 0 Å². The number of carbonyl (C=O) groups is 1. The predicted molar refractivity (Wildman–Crippen MR) is 44.7 cm³/mol. The third-order valence-corrected chi connectivity index (χ3v) is 2.06. The molecule has 1 saturated heterocycles. The van der Waals surface area contributed by atoms with Gasteiger partial charge in [0.15, 0.2) is 0 Å². The summed E-state index contributed by atoms with van der Waals surface area (Å²) in [5.41, 5.74) is -1.57. The van der Waals surface area contributed by atoms with Crippen molar-refractivity contribution in [3.05, 3.63) is 0 Å². The summed E-state index contributed by atoms with van der Waals surface area (Å²) >= 11 is 0. The minimum atomic E-state index is -1.35. The zero-order chi connectivity index (χ0) is 10.3. The Bertz CT molecular complexity index is 274. The van der Waals surface area contributed by atoms with Gasteiger partial charge >= 0.3 is 5.97 Å². The van der Waals surface area contributed by atoms with Gasteiger partial charge in [0, 0.05) is 0 Å². The molecule has 4 nitrogen and oxygen atoms in total. The largest absolute Gasteiger partial charge is 0.466 e. The highest BCUT2D eigenvalue weighted by Crippen LogP contribution is 2.47. The van der Waals surface area contributed by atoms with Crippen molar-refractivity contribution in [3.8, 4) is 6.07 Å². The summed E-state index contributed by atoms with van der Waals surface area (Å²) in [6, 6.07) is 1.86. The highest BCUT2D eigenvalue weighted by atomic mass is 16.7. The molecule has 1 fully saturated rings. The molecule has 0 N–H and O–H groups in total. The Balaban J connectivity index is 2.83. The van der Waals surface area contributed by atoms with Gasteiger partial charge in [-0.1, -0.05) is 20.8 Å². The van der Waals surface area contributed by atoms with E-state index in [0.29, 0.717) is 0 Å². The fourth-order valence-corrected chi connectivity index (χ4v) is 1.38. The molecule has 0 aromatic carbocycles. The number of nitriles is 1. The maximum Gasteiger partial charge on any atom is 0.356 e. The highest BCUT2D eigenvalue weighted by Gasteiger charge is 2.69. The molecule has 0 unspecified atom stereocenters. The van der Waals surface area contributed by atoms with E-state index in [0.717, 1.165) is 0 Å². The molecule has 4 heteroatoms. The van der Waals surface area contributed by atoms with Crippen molar-refractivity contribution < 1.29 is 14.3 Å². The number of hydrogen-bond donors (Lipinski definition) is 0. The van der Waals surface area contributed by atoms with Crippen LogP contribution in [0.15, 0.2) is 0 Å². The molecular weight excluding hydrogens is 170 g/mol. The Labute approximate surface area is 77.4 Å². The van der Waals surface area contributed by atoms with Crippen LogP contribution in [0.1, 0.15) is 20.8 Å². The number of rotatable bonds is 1. The van der Waals surface area contributed by atoms with E-state index in [2.05, 4.69) is 4.74 Å². The summed E-state index contributed by atoms with van der Waals surface area (Å²) in [5.74, 6) is -0.602. The topological polar surface area (TPSA) is 62.6 Å². The van der Waals surface area contributed by atoms with Gasteiger partial charge in [-0.05, 0) is 5.41 Å². The lowest BCUT2D eigenvalue weighted by Crippen LogP contribution is -2.32. The molecule has 0 spiro atoms. The number of methoxy groups -OCH3 is 1. The van der Waals surface area contributed by atoms with E-state index < -0.39 is 11.6 Å². The maximum atomic E-state index is 11.2. The average Bonchev–Trinajstić information content (AvgIpc) is 2.78. The van der Waals surface area contributed by atoms with E-state index in [9.17, 15) is 4.79 Å². The first kappa shape index (κ1) is 10.0. The molecule has 0 amide bonds. The van der Waals surface area contributed by atoms with Crippen molar-refractivity contribution in [2.45, 2.75) is 32.5 Å². The molecule has 0 aromatic rings. The summed E-state index contributed by atoms with van der Waals surface area (Å²) < 4.78 is 9.64. The van der Waals surface area contributed by atoms with Gasteiger partial charge in [0.25, 0.3) is 5.60 Å². The third kappa shape index (κ3) is 1.40. The molecular formula is C9H13NO3. The van der Waals surface area contributed by atoms with E-state index >= 15 is 0 Å². The molecule has 2 atom stereocenters. The third-order valence-electron chi connectivity index (χ3n) is 2.06. The van der Waals surface area contributed by atoms with Gasteiger partial charge < -0.3 is 9.47 Å². The standard InChI is InChI=1S/C9H13NO3/c1-8(2,3)6-9(5-10,13-6)7(11)12-4/h6H,1-4H3/t6-,9+/m1/s1. The number of carbonyl (C=O) groups excluding carboxylic acids is 1. The number of hydrogen-bond acceptors (Lipinski definition) is 4. The van der Waals surface area contributed by atoms with Gasteiger partial charge in [0.05, 0.1) is 7.11 Å². The van der Waals surface area contributed by atoms with Crippen LogP contribution in [-0.4, -0.2) is 24.8 Å². The van der Waals surface area contributed by atoms with Crippen LogP contribution in [0.2, 0.25) is 0 Å². The molecule has 0 radical (unpaired) electrons. The van der Waals surface area contributed by atoms with Crippen LogP contribution in [0, 0.1) is 16.7 Å². The SMILES string of the molecule is COC(=O)[C@@]1(C#N)O[C@@H]1C(C)(C)C. The Kier molecular flexibility index (Phi) is 2.08. The number of esters is 1. The first-order valence-corrected chi connectivity index (χ1v) is 4.06. The zero-order valence-corrected chi connectivity index (χ0v) is 8.25. The van der Waals surface area contributed by atoms with Gasteiger partial charge in [-0.25, -0.2) is 4.79 Å². The number of nitrogens with zero attached hydrogens (tertiary/aromatic N) is 1. The lowest BCUT2D eigenvalue weighted by Gasteiger charge is -2.14. The van der Waals surface area contributed by atoms with Crippen molar-refractivity contribution in [1.29, 1.82) is 5.26 Å². The van der Waals surface area contributed by atoms with Gasteiger partial charge in [-0.2, -0.15) is 5.26 Å². The second-order valence-corrected chi connectivity index (χ2v) is 4.20. The Morgan fingerprint density at radius 2 is 2.15 bits per heavy atom. The first-order valence-electron chi connectivity index (χ1n) is 4.06. The van der Waals surface area contributed by atoms with Crippen LogP contribution in [0.3, 0.4) is 0 Å². The molecule has 1 heterocycles. The summed E-state index contributed by atoms with van der Waals surface area (Å²) in [4.78, 5) is 11.2. The first-order chi connectivity index (χ1) is 5.88. The highest BCUT2D eigenvalue weighted by molar-refractivity contribution is 5.87. The molecule has 0 saturated carbocycles. The van der Waals surface area contributed by atoms with E-state index in [4.69, 9.17) is 10.00 Å².